The van der Waals surface area contributed by atoms with E-state index in [-0.39, 0.29) is 11.3 Å². The van der Waals surface area contributed by atoms with Gasteiger partial charge in [-0.1, -0.05) is 24.3 Å². The van der Waals surface area contributed by atoms with Crippen molar-refractivity contribution in [2.24, 2.45) is 0 Å². The van der Waals surface area contributed by atoms with Gasteiger partial charge >= 0.3 is 0 Å². The third kappa shape index (κ3) is 3.80. The van der Waals surface area contributed by atoms with Crippen molar-refractivity contribution >= 4 is 48.4 Å². The zero-order chi connectivity index (χ0) is 24.0. The van der Waals surface area contributed by atoms with E-state index in [1.54, 1.807) is 22.2 Å². The van der Waals surface area contributed by atoms with Gasteiger partial charge in [0.15, 0.2) is 0 Å². The Morgan fingerprint density at radius 2 is 1.94 bits per heavy atom. The predicted molar refractivity (Wildman–Crippen MR) is 134 cm³/mol. The number of H-pyrrole nitrogens is 1. The molecule has 0 spiro atoms. The molecule has 5 aromatic rings. The van der Waals surface area contributed by atoms with E-state index in [4.69, 9.17) is 0 Å². The van der Waals surface area contributed by atoms with Crippen molar-refractivity contribution in [2.75, 3.05) is 6.26 Å². The molecule has 0 radical (unpaired) electrons. The minimum atomic E-state index is -3.86. The molecule has 2 aromatic carbocycles. The molecule has 34 heavy (non-hydrogen) atoms. The molecule has 8 nitrogen and oxygen atoms in total. The predicted octanol–water partition coefficient (Wildman–Crippen LogP) is 3.65. The summed E-state index contributed by atoms with van der Waals surface area (Å²) in [7, 11) is -3.86. The fraction of sp³-hybridized carbons (Fsp3) is 0.125. The second-order valence-corrected chi connectivity index (χ2v) is 10.6. The molecule has 3 aromatic heterocycles. The molecule has 0 aliphatic heterocycles. The summed E-state index contributed by atoms with van der Waals surface area (Å²) in [5.41, 5.74) is 5.32. The number of aryl methyl sites for hydroxylation is 1. The first kappa shape index (κ1) is 22.1. The highest BCUT2D eigenvalue weighted by atomic mass is 32.2. The molecule has 0 saturated heterocycles. The largest absolute Gasteiger partial charge is 0.331 e. The topological polar surface area (TPSA) is 114 Å². The number of sulfonamides is 1. The third-order valence-electron chi connectivity index (χ3n) is 5.70. The van der Waals surface area contributed by atoms with Crippen LogP contribution in [0.3, 0.4) is 0 Å². The van der Waals surface area contributed by atoms with Crippen LogP contribution in [0.2, 0.25) is 0 Å². The SMILES string of the molecule is Cc1ccccc1Cn1c(C(=O)NS(C)(=O)=O)c(-c2ccc[nH]c2=O)c2c3ncsc3ccc21. The maximum atomic E-state index is 13.5. The Bertz CT molecular complexity index is 1750. The van der Waals surface area contributed by atoms with Crippen molar-refractivity contribution in [3.05, 3.63) is 87.4 Å². The Hall–Kier alpha value is -3.76. The van der Waals surface area contributed by atoms with Crippen LogP contribution in [0.1, 0.15) is 21.6 Å². The van der Waals surface area contributed by atoms with E-state index in [2.05, 4.69) is 14.7 Å². The van der Waals surface area contributed by atoms with Gasteiger partial charge in [-0.25, -0.2) is 18.1 Å². The lowest BCUT2D eigenvalue weighted by atomic mass is 10.0. The minimum absolute atomic E-state index is 0.0841. The molecular formula is C24H20N4O4S2. The Balaban J connectivity index is 1.94. The van der Waals surface area contributed by atoms with Gasteiger partial charge in [-0.15, -0.1) is 11.3 Å². The highest BCUT2D eigenvalue weighted by Crippen LogP contribution is 2.39. The number of nitrogens with one attached hydrogen (secondary N) is 2. The Labute approximate surface area is 199 Å². The lowest BCUT2D eigenvalue weighted by Crippen LogP contribution is -2.32. The number of rotatable bonds is 5. The fourth-order valence-electron chi connectivity index (χ4n) is 4.22. The normalized spacial score (nSPS) is 11.8. The van der Waals surface area contributed by atoms with Crippen molar-refractivity contribution in [3.8, 4) is 11.1 Å². The molecule has 0 aliphatic carbocycles. The summed E-state index contributed by atoms with van der Waals surface area (Å²) >= 11 is 1.45. The van der Waals surface area contributed by atoms with Crippen LogP contribution in [0, 0.1) is 6.92 Å². The van der Waals surface area contributed by atoms with E-state index in [1.807, 2.05) is 43.3 Å². The van der Waals surface area contributed by atoms with E-state index in [0.717, 1.165) is 22.1 Å². The summed E-state index contributed by atoms with van der Waals surface area (Å²) < 4.78 is 28.8. The van der Waals surface area contributed by atoms with Crippen molar-refractivity contribution in [1.29, 1.82) is 0 Å². The number of hydrogen-bond acceptors (Lipinski definition) is 6. The molecule has 2 N–H and O–H groups in total. The number of carbonyl (C=O) groups excluding carboxylic acids is 1. The highest BCUT2D eigenvalue weighted by molar-refractivity contribution is 7.89. The van der Waals surface area contributed by atoms with Gasteiger partial charge in [0, 0.05) is 23.7 Å². The second-order valence-electron chi connectivity index (χ2n) is 8.01. The molecule has 172 valence electrons. The number of aromatic amines is 1. The van der Waals surface area contributed by atoms with Crippen LogP contribution in [-0.4, -0.2) is 35.1 Å². The molecule has 0 saturated carbocycles. The van der Waals surface area contributed by atoms with Crippen LogP contribution in [-0.2, 0) is 16.6 Å². The summed E-state index contributed by atoms with van der Waals surface area (Å²) in [5, 5.41) is 0.627. The smallest absolute Gasteiger partial charge is 0.282 e. The molecular weight excluding hydrogens is 472 g/mol. The van der Waals surface area contributed by atoms with E-state index >= 15 is 0 Å². The van der Waals surface area contributed by atoms with Gasteiger partial charge in [-0.3, -0.25) is 9.59 Å². The van der Waals surface area contributed by atoms with E-state index in [0.29, 0.717) is 28.5 Å². The molecule has 1 amide bonds. The molecule has 0 bridgehead atoms. The number of pyridine rings is 1. The Morgan fingerprint density at radius 3 is 2.68 bits per heavy atom. The number of aromatic nitrogens is 3. The van der Waals surface area contributed by atoms with Gasteiger partial charge in [-0.05, 0) is 42.3 Å². The minimum Gasteiger partial charge on any atom is -0.331 e. The first-order chi connectivity index (χ1) is 16.2. The molecule has 0 fully saturated rings. The van der Waals surface area contributed by atoms with Crippen LogP contribution in [0.15, 0.2) is 65.0 Å². The standard InChI is InChI=1S/C24H20N4O4S2/c1-14-6-3-4-7-15(14)12-28-17-9-10-18-21(26-13-33-18)20(17)19(16-8-5-11-25-23(16)29)22(28)24(30)27-34(2,31)32/h3-11,13H,12H2,1-2H3,(H,25,29)(H,27,30). The van der Waals surface area contributed by atoms with Gasteiger partial charge in [-0.2, -0.15) is 0 Å². The molecule has 10 heteroatoms. The van der Waals surface area contributed by atoms with Crippen LogP contribution >= 0.6 is 11.3 Å². The Kier molecular flexibility index (Phi) is 5.34. The van der Waals surface area contributed by atoms with Crippen LogP contribution < -0.4 is 10.3 Å². The molecule has 0 unspecified atom stereocenters. The van der Waals surface area contributed by atoms with Gasteiger partial charge in [0.1, 0.15) is 5.69 Å². The fourth-order valence-corrected chi connectivity index (χ4v) is 5.34. The monoisotopic (exact) mass is 492 g/mol. The van der Waals surface area contributed by atoms with Gasteiger partial charge in [0.2, 0.25) is 10.0 Å². The number of thiazole rings is 1. The zero-order valence-corrected chi connectivity index (χ0v) is 20.0. The molecule has 3 heterocycles. The van der Waals surface area contributed by atoms with Crippen molar-refractivity contribution in [2.45, 2.75) is 13.5 Å². The first-order valence-electron chi connectivity index (χ1n) is 10.4. The lowest BCUT2D eigenvalue weighted by molar-refractivity contribution is 0.0974. The average molecular weight is 493 g/mol. The second kappa shape index (κ2) is 8.23. The van der Waals surface area contributed by atoms with Crippen LogP contribution in [0.25, 0.3) is 32.2 Å². The summed E-state index contributed by atoms with van der Waals surface area (Å²) in [4.78, 5) is 33.5. The van der Waals surface area contributed by atoms with Crippen molar-refractivity contribution < 1.29 is 13.2 Å². The van der Waals surface area contributed by atoms with Gasteiger partial charge in [0.25, 0.3) is 11.5 Å². The van der Waals surface area contributed by atoms with E-state index in [9.17, 15) is 18.0 Å². The molecule has 0 atom stereocenters. The van der Waals surface area contributed by atoms with Gasteiger partial charge < -0.3 is 9.55 Å². The number of carbonyl (C=O) groups is 1. The summed E-state index contributed by atoms with van der Waals surface area (Å²) in [6.07, 6.45) is 2.43. The maximum absolute atomic E-state index is 13.5. The average Bonchev–Trinajstić information content (AvgIpc) is 3.37. The molecule has 5 rings (SSSR count). The maximum Gasteiger partial charge on any atom is 0.282 e. The summed E-state index contributed by atoms with van der Waals surface area (Å²) in [6, 6.07) is 14.8. The number of amides is 1. The summed E-state index contributed by atoms with van der Waals surface area (Å²) in [5.74, 6) is -0.811. The lowest BCUT2D eigenvalue weighted by Gasteiger charge is -2.13. The number of benzene rings is 2. The van der Waals surface area contributed by atoms with Crippen LogP contribution in [0.4, 0.5) is 0 Å². The van der Waals surface area contributed by atoms with Crippen LogP contribution in [0.5, 0.6) is 0 Å². The number of hydrogen-bond donors (Lipinski definition) is 2. The quantitative estimate of drug-likeness (QED) is 0.389. The van der Waals surface area contributed by atoms with Crippen molar-refractivity contribution in [1.82, 2.24) is 19.3 Å². The van der Waals surface area contributed by atoms with E-state index in [1.165, 1.54) is 17.5 Å². The Morgan fingerprint density at radius 1 is 1.15 bits per heavy atom. The van der Waals surface area contributed by atoms with E-state index < -0.39 is 21.5 Å². The summed E-state index contributed by atoms with van der Waals surface area (Å²) in [6.45, 7) is 2.27. The van der Waals surface area contributed by atoms with Gasteiger partial charge in [0.05, 0.1) is 33.1 Å². The highest BCUT2D eigenvalue weighted by Gasteiger charge is 2.29. The first-order valence-corrected chi connectivity index (χ1v) is 13.1. The number of fused-ring (bicyclic) bond motifs is 3. The third-order valence-corrected chi connectivity index (χ3v) is 7.05. The number of nitrogens with zero attached hydrogens (tertiary/aromatic N) is 2. The zero-order valence-electron chi connectivity index (χ0n) is 18.3. The van der Waals surface area contributed by atoms with Crippen molar-refractivity contribution in [3.63, 3.8) is 0 Å². The molecule has 0 aliphatic rings.